The first kappa shape index (κ1) is 16.9. The van der Waals surface area contributed by atoms with Crippen molar-refractivity contribution in [2.24, 2.45) is 0 Å². The molecule has 1 aromatic rings. The molecule has 1 N–H and O–H groups in total. The summed E-state index contributed by atoms with van der Waals surface area (Å²) in [5.41, 5.74) is -0.763. The molecule has 8 heteroatoms. The smallest absolute Gasteiger partial charge is 0.338 e. The Kier molecular flexibility index (Phi) is 5.91. The molecule has 0 aliphatic carbocycles. The highest BCUT2D eigenvalue weighted by molar-refractivity contribution is 7.91. The van der Waals surface area contributed by atoms with Crippen LogP contribution in [0.25, 0.3) is 0 Å². The second kappa shape index (κ2) is 7.01. The van der Waals surface area contributed by atoms with Crippen LogP contribution in [0.15, 0.2) is 17.0 Å². The molecule has 112 valence electrons. The lowest BCUT2D eigenvalue weighted by Gasteiger charge is -2.08. The Morgan fingerprint density at radius 1 is 1.45 bits per heavy atom. The van der Waals surface area contributed by atoms with E-state index in [1.165, 1.54) is 0 Å². The molecule has 20 heavy (non-hydrogen) atoms. The van der Waals surface area contributed by atoms with Gasteiger partial charge in [0.1, 0.15) is 4.90 Å². The lowest BCUT2D eigenvalue weighted by Crippen LogP contribution is -2.13. The van der Waals surface area contributed by atoms with Gasteiger partial charge in [0.25, 0.3) is 0 Å². The van der Waals surface area contributed by atoms with E-state index in [-0.39, 0.29) is 23.8 Å². The Balaban J connectivity index is 3.09. The van der Waals surface area contributed by atoms with Crippen LogP contribution >= 0.6 is 11.6 Å². The molecule has 0 heterocycles. The molecule has 0 unspecified atom stereocenters. The summed E-state index contributed by atoms with van der Waals surface area (Å²) >= 11 is 5.64. The first-order valence-corrected chi connectivity index (χ1v) is 7.85. The van der Waals surface area contributed by atoms with E-state index < -0.39 is 32.1 Å². The molecular formula is C12H14ClFO5S. The third-order valence-electron chi connectivity index (χ3n) is 2.48. The van der Waals surface area contributed by atoms with E-state index in [1.807, 2.05) is 0 Å². The average molecular weight is 325 g/mol. The maximum atomic E-state index is 13.9. The highest BCUT2D eigenvalue weighted by Crippen LogP contribution is 2.25. The van der Waals surface area contributed by atoms with E-state index in [1.54, 1.807) is 6.92 Å². The maximum absolute atomic E-state index is 13.9. The molecule has 1 rings (SSSR count). The predicted molar refractivity (Wildman–Crippen MR) is 71.5 cm³/mol. The number of carbonyl (C=O) groups is 1. The Labute approximate surface area is 121 Å². The van der Waals surface area contributed by atoms with E-state index in [9.17, 15) is 17.6 Å². The number of aromatic carboxylic acids is 1. The Morgan fingerprint density at radius 2 is 2.10 bits per heavy atom. The minimum Gasteiger partial charge on any atom is -0.478 e. The van der Waals surface area contributed by atoms with Gasteiger partial charge in [-0.2, -0.15) is 0 Å². The van der Waals surface area contributed by atoms with Gasteiger partial charge in [0, 0.05) is 18.2 Å². The summed E-state index contributed by atoms with van der Waals surface area (Å²) in [5.74, 6) is -3.21. The number of sulfone groups is 1. The zero-order valence-corrected chi connectivity index (χ0v) is 12.3. The second-order valence-corrected chi connectivity index (χ2v) is 6.45. The largest absolute Gasteiger partial charge is 0.478 e. The second-order valence-electron chi connectivity index (χ2n) is 3.94. The third-order valence-corrected chi connectivity index (χ3v) is 4.49. The molecule has 1 aromatic carbocycles. The lowest BCUT2D eigenvalue weighted by molar-refractivity contribution is 0.0691. The summed E-state index contributed by atoms with van der Waals surface area (Å²) in [6.07, 6.45) is 0.185. The molecule has 0 aliphatic heterocycles. The van der Waals surface area contributed by atoms with Crippen LogP contribution in [0.3, 0.4) is 0 Å². The van der Waals surface area contributed by atoms with E-state index >= 15 is 0 Å². The van der Waals surface area contributed by atoms with E-state index in [2.05, 4.69) is 0 Å². The number of halogens is 2. The van der Waals surface area contributed by atoms with Gasteiger partial charge in [0.2, 0.25) is 0 Å². The van der Waals surface area contributed by atoms with Crippen LogP contribution in [0.2, 0.25) is 5.02 Å². The van der Waals surface area contributed by atoms with Gasteiger partial charge in [0.15, 0.2) is 15.7 Å². The molecule has 5 nitrogen and oxygen atoms in total. The van der Waals surface area contributed by atoms with Crippen molar-refractivity contribution >= 4 is 27.4 Å². The summed E-state index contributed by atoms with van der Waals surface area (Å²) in [5, 5.41) is 8.67. The molecule has 0 aliphatic rings. The van der Waals surface area contributed by atoms with Gasteiger partial charge >= 0.3 is 5.97 Å². The molecule has 0 bridgehead atoms. The van der Waals surface area contributed by atoms with Gasteiger partial charge in [-0.15, -0.1) is 0 Å². The molecule has 0 saturated carbocycles. The zero-order chi connectivity index (χ0) is 15.3. The topological polar surface area (TPSA) is 80.7 Å². The Hall–Kier alpha value is -1.18. The van der Waals surface area contributed by atoms with Crippen LogP contribution in [0.1, 0.15) is 23.7 Å². The Morgan fingerprint density at radius 3 is 2.65 bits per heavy atom. The number of hydrogen-bond acceptors (Lipinski definition) is 4. The number of benzene rings is 1. The van der Waals surface area contributed by atoms with Crippen molar-refractivity contribution in [3.8, 4) is 0 Å². The normalized spacial score (nSPS) is 11.6. The molecule has 0 atom stereocenters. The number of rotatable bonds is 7. The summed E-state index contributed by atoms with van der Waals surface area (Å²) in [4.78, 5) is 10.1. The van der Waals surface area contributed by atoms with Gasteiger partial charge in [-0.3, -0.25) is 0 Å². The number of ether oxygens (including phenoxy) is 1. The van der Waals surface area contributed by atoms with Crippen LogP contribution in [-0.4, -0.2) is 38.5 Å². The minimum atomic E-state index is -3.95. The third kappa shape index (κ3) is 4.16. The molecule has 0 spiro atoms. The standard InChI is InChI=1S/C12H14ClFO5S/c1-2-19-4-3-5-20(17,18)10-7-8(13)6-9(11(10)14)12(15)16/h6-7H,2-5H2,1H3,(H,15,16). The van der Waals surface area contributed by atoms with Crippen molar-refractivity contribution in [3.05, 3.63) is 28.5 Å². The maximum Gasteiger partial charge on any atom is 0.338 e. The van der Waals surface area contributed by atoms with Crippen molar-refractivity contribution < 1.29 is 27.4 Å². The van der Waals surface area contributed by atoms with Crippen LogP contribution in [0, 0.1) is 5.82 Å². The molecule has 0 amide bonds. The van der Waals surface area contributed by atoms with Gasteiger partial charge in [-0.05, 0) is 25.5 Å². The van der Waals surface area contributed by atoms with E-state index in [0.717, 1.165) is 12.1 Å². The van der Waals surface area contributed by atoms with Crippen LogP contribution < -0.4 is 0 Å². The number of carboxylic acid groups (broad SMARTS) is 1. The van der Waals surface area contributed by atoms with Crippen molar-refractivity contribution in [3.63, 3.8) is 0 Å². The average Bonchev–Trinajstić information content (AvgIpc) is 2.36. The van der Waals surface area contributed by atoms with E-state index in [0.29, 0.717) is 6.61 Å². The monoisotopic (exact) mass is 324 g/mol. The fraction of sp³-hybridized carbons (Fsp3) is 0.417. The van der Waals surface area contributed by atoms with Crippen LogP contribution in [0.5, 0.6) is 0 Å². The quantitative estimate of drug-likeness (QED) is 0.779. The van der Waals surface area contributed by atoms with E-state index in [4.69, 9.17) is 21.4 Å². The fourth-order valence-corrected chi connectivity index (χ4v) is 3.24. The van der Waals surface area contributed by atoms with Crippen LogP contribution in [0.4, 0.5) is 4.39 Å². The molecule has 0 saturated heterocycles. The summed E-state index contributed by atoms with van der Waals surface area (Å²) in [6.45, 7) is 2.45. The summed E-state index contributed by atoms with van der Waals surface area (Å²) in [6, 6.07) is 1.79. The Bertz CT molecular complexity index is 600. The number of hydrogen-bond donors (Lipinski definition) is 1. The minimum absolute atomic E-state index is 0.146. The fourth-order valence-electron chi connectivity index (χ4n) is 1.55. The van der Waals surface area contributed by atoms with Crippen LogP contribution in [-0.2, 0) is 14.6 Å². The highest BCUT2D eigenvalue weighted by Gasteiger charge is 2.24. The number of carboxylic acids is 1. The van der Waals surface area contributed by atoms with Crippen molar-refractivity contribution in [1.82, 2.24) is 0 Å². The SMILES string of the molecule is CCOCCCS(=O)(=O)c1cc(Cl)cc(C(=O)O)c1F. The highest BCUT2D eigenvalue weighted by atomic mass is 35.5. The zero-order valence-electron chi connectivity index (χ0n) is 10.7. The van der Waals surface area contributed by atoms with Crippen molar-refractivity contribution in [2.45, 2.75) is 18.2 Å². The molecule has 0 fully saturated rings. The summed E-state index contributed by atoms with van der Waals surface area (Å²) in [7, 11) is -3.95. The van der Waals surface area contributed by atoms with Crippen molar-refractivity contribution in [1.29, 1.82) is 0 Å². The van der Waals surface area contributed by atoms with Gasteiger partial charge in [-0.1, -0.05) is 11.6 Å². The van der Waals surface area contributed by atoms with Gasteiger partial charge in [-0.25, -0.2) is 17.6 Å². The predicted octanol–water partition coefficient (Wildman–Crippen LogP) is 2.38. The molecular weight excluding hydrogens is 311 g/mol. The first-order valence-electron chi connectivity index (χ1n) is 5.82. The van der Waals surface area contributed by atoms with Crippen molar-refractivity contribution in [2.75, 3.05) is 19.0 Å². The lowest BCUT2D eigenvalue weighted by atomic mass is 10.2. The first-order chi connectivity index (χ1) is 9.29. The summed E-state index contributed by atoms with van der Waals surface area (Å²) < 4.78 is 42.9. The van der Waals surface area contributed by atoms with Gasteiger partial charge < -0.3 is 9.84 Å². The molecule has 0 radical (unpaired) electrons. The molecule has 0 aromatic heterocycles. The van der Waals surface area contributed by atoms with Gasteiger partial charge in [0.05, 0.1) is 11.3 Å².